The number of hydrogen-bond donors (Lipinski definition) is 3. The molecular formula is C93H146O17P2. The summed E-state index contributed by atoms with van der Waals surface area (Å²) in [5.41, 5.74) is 0. The normalized spacial score (nSPS) is 14.9. The van der Waals surface area contributed by atoms with Gasteiger partial charge in [-0.2, -0.15) is 0 Å². The van der Waals surface area contributed by atoms with E-state index >= 15 is 0 Å². The molecule has 0 bridgehead atoms. The van der Waals surface area contributed by atoms with Crippen LogP contribution in [0.25, 0.3) is 0 Å². The Hall–Kier alpha value is -6.62. The Morgan fingerprint density at radius 1 is 0.259 bits per heavy atom. The van der Waals surface area contributed by atoms with Gasteiger partial charge in [-0.15, -0.1) is 0 Å². The summed E-state index contributed by atoms with van der Waals surface area (Å²) in [6.07, 6.45) is 105. The largest absolute Gasteiger partial charge is 0.472 e. The van der Waals surface area contributed by atoms with Crippen LogP contribution in [0.15, 0.2) is 219 Å². The van der Waals surface area contributed by atoms with Crippen molar-refractivity contribution in [2.45, 2.75) is 303 Å². The van der Waals surface area contributed by atoms with Gasteiger partial charge in [-0.25, -0.2) is 9.13 Å². The number of hydrogen-bond acceptors (Lipinski definition) is 15. The molecular weight excluding hydrogens is 1450 g/mol. The Balaban J connectivity index is 5.59. The molecule has 0 aromatic rings. The average molecular weight is 1600 g/mol. The molecule has 0 fully saturated rings. The third-order valence-corrected chi connectivity index (χ3v) is 18.3. The summed E-state index contributed by atoms with van der Waals surface area (Å²) in [5, 5.41) is 10.7. The third-order valence-electron chi connectivity index (χ3n) is 16.4. The SMILES string of the molecule is CC/C=C\C/C=C\C/C=C\C/C=C\C/C=C\C/C=C\CCC(=O)OC[C@H](COP(=O)(O)OC[C@@H](O)COP(=O)(O)OC[C@@H](COC(=O)CCCCCCC/C=C\CCCCCCCC)OC(=O)CCCCC/C=C\C/C=C\C/C=C\C/C=C\C/C=C\CC)OC(=O)CC/C=C\C/C=C\C/C=C\C/C=C\C/C=C\C/C=C\CC. The second-order valence-corrected chi connectivity index (χ2v) is 29.8. The summed E-state index contributed by atoms with van der Waals surface area (Å²) in [5.74, 6) is -2.44. The molecule has 0 rings (SSSR count). The quantitative estimate of drug-likeness (QED) is 0.0169. The minimum atomic E-state index is -5.03. The third kappa shape index (κ3) is 81.4. The maximum absolute atomic E-state index is 13.1. The van der Waals surface area contributed by atoms with Crippen molar-refractivity contribution in [1.29, 1.82) is 0 Å². The number of carbonyl (C=O) groups excluding carboxylic acids is 4. The molecule has 0 aliphatic rings. The van der Waals surface area contributed by atoms with Crippen LogP contribution in [0.4, 0.5) is 0 Å². The highest BCUT2D eigenvalue weighted by Gasteiger charge is 2.30. The summed E-state index contributed by atoms with van der Waals surface area (Å²) in [6, 6.07) is 0. The Bertz CT molecular complexity index is 2990. The fourth-order valence-corrected chi connectivity index (χ4v) is 11.8. The zero-order valence-electron chi connectivity index (χ0n) is 69.0. The van der Waals surface area contributed by atoms with Crippen molar-refractivity contribution in [3.63, 3.8) is 0 Å². The van der Waals surface area contributed by atoms with Gasteiger partial charge in [-0.05, 0) is 173 Å². The van der Waals surface area contributed by atoms with Gasteiger partial charge in [-0.1, -0.05) is 304 Å². The van der Waals surface area contributed by atoms with Crippen molar-refractivity contribution in [2.75, 3.05) is 39.6 Å². The molecule has 5 atom stereocenters. The van der Waals surface area contributed by atoms with Gasteiger partial charge < -0.3 is 33.8 Å². The number of aliphatic hydroxyl groups excluding tert-OH is 1. The summed E-state index contributed by atoms with van der Waals surface area (Å²) >= 11 is 0. The minimum Gasteiger partial charge on any atom is -0.462 e. The lowest BCUT2D eigenvalue weighted by molar-refractivity contribution is -0.161. The van der Waals surface area contributed by atoms with Crippen molar-refractivity contribution < 1.29 is 80.2 Å². The second-order valence-electron chi connectivity index (χ2n) is 26.9. The molecule has 0 aliphatic heterocycles. The first kappa shape index (κ1) is 105. The van der Waals surface area contributed by atoms with Gasteiger partial charge >= 0.3 is 39.5 Å². The van der Waals surface area contributed by atoms with Crippen LogP contribution in [0.1, 0.15) is 285 Å². The van der Waals surface area contributed by atoms with Gasteiger partial charge in [0.25, 0.3) is 0 Å². The predicted molar refractivity (Wildman–Crippen MR) is 463 cm³/mol. The van der Waals surface area contributed by atoms with Crippen LogP contribution in [-0.2, 0) is 65.4 Å². The number of allylic oxidation sites excluding steroid dienone is 36. The molecule has 0 saturated carbocycles. The number of rotatable bonds is 76. The van der Waals surface area contributed by atoms with E-state index in [0.29, 0.717) is 38.5 Å². The van der Waals surface area contributed by atoms with Crippen LogP contribution in [0.2, 0.25) is 0 Å². The molecule has 0 aromatic carbocycles. The number of unbranched alkanes of at least 4 members (excludes halogenated alkanes) is 14. The number of carbonyl (C=O) groups is 4. The van der Waals surface area contributed by atoms with Gasteiger partial charge in [0.1, 0.15) is 19.3 Å². The number of aliphatic hydroxyl groups is 1. The molecule has 0 spiro atoms. The van der Waals surface area contributed by atoms with E-state index in [4.69, 9.17) is 37.0 Å². The van der Waals surface area contributed by atoms with Gasteiger partial charge in [-0.3, -0.25) is 37.3 Å². The topological polar surface area (TPSA) is 237 Å². The van der Waals surface area contributed by atoms with Crippen molar-refractivity contribution in [3.8, 4) is 0 Å². The molecule has 19 heteroatoms. The van der Waals surface area contributed by atoms with Crippen LogP contribution >= 0.6 is 15.6 Å². The first-order valence-electron chi connectivity index (χ1n) is 42.0. The lowest BCUT2D eigenvalue weighted by Crippen LogP contribution is -2.30. The zero-order chi connectivity index (χ0) is 81.7. The van der Waals surface area contributed by atoms with Crippen LogP contribution in [0.3, 0.4) is 0 Å². The van der Waals surface area contributed by atoms with Crippen molar-refractivity contribution in [2.24, 2.45) is 0 Å². The minimum absolute atomic E-state index is 0.00983. The van der Waals surface area contributed by atoms with E-state index in [2.05, 4.69) is 210 Å². The molecule has 0 amide bonds. The summed E-state index contributed by atoms with van der Waals surface area (Å²) in [7, 11) is -10.0. The number of phosphoric ester groups is 2. The Kier molecular flexibility index (Phi) is 77.5. The highest BCUT2D eigenvalue weighted by molar-refractivity contribution is 7.47. The molecule has 0 heterocycles. The Morgan fingerprint density at radius 2 is 0.482 bits per heavy atom. The standard InChI is InChI=1S/C93H146O17P2/c1-5-9-13-17-21-25-29-33-37-40-43-46-50-54-58-62-66-70-74-78-91(96)104-84-89(110-93(98)80-76-72-68-64-60-56-52-48-45-42-39-35-31-27-23-19-15-11-7-3)86-108-112(101,102)106-82-87(94)81-105-111(99,100)107-85-88(83-103-90(95)77-73-69-65-61-57-53-49-36-32-28-24-20-16-12-8-4)109-92(97)79-75-71-67-63-59-55-51-47-44-41-38-34-30-26-22-18-14-10-6-2/h9-11,13-15,21-23,25-27,33-39,43-49,54-56,58-60,66,68,70,72,87-89,94H,5-8,12,16-20,24,28-32,40-42,50-53,57,61-65,67,69,71,73-86H2,1-4H3,(H,99,100)(H,101,102)/b13-9-,14-10-,15-11-,25-21-,26-22-,27-23-,37-33-,38-34-,39-35-,46-43-,47-44-,48-45-,49-36-,58-54-,59-55-,60-56-,70-66-,72-68-/t87-,88+,89+/m0/s1. The monoisotopic (exact) mass is 1600 g/mol. The predicted octanol–water partition coefficient (Wildman–Crippen LogP) is 25.2. The zero-order valence-corrected chi connectivity index (χ0v) is 70.8. The lowest BCUT2D eigenvalue weighted by Gasteiger charge is -2.21. The number of esters is 4. The molecule has 17 nitrogen and oxygen atoms in total. The molecule has 112 heavy (non-hydrogen) atoms. The first-order chi connectivity index (χ1) is 54.7. The fraction of sp³-hybridized carbons (Fsp3) is 0.570. The van der Waals surface area contributed by atoms with E-state index in [1.54, 1.807) is 0 Å². The molecule has 0 saturated heterocycles. The van der Waals surface area contributed by atoms with Crippen molar-refractivity contribution in [3.05, 3.63) is 219 Å². The van der Waals surface area contributed by atoms with E-state index in [-0.39, 0.29) is 25.7 Å². The van der Waals surface area contributed by atoms with E-state index < -0.39 is 97.5 Å². The summed E-state index contributed by atoms with van der Waals surface area (Å²) in [6.45, 7) is 4.28. The molecule has 630 valence electrons. The van der Waals surface area contributed by atoms with Crippen LogP contribution in [0.5, 0.6) is 0 Å². The maximum Gasteiger partial charge on any atom is 0.472 e. The number of ether oxygens (including phenoxy) is 4. The average Bonchev–Trinajstić information content (AvgIpc) is 0.908. The highest BCUT2D eigenvalue weighted by atomic mass is 31.2. The molecule has 2 unspecified atom stereocenters. The van der Waals surface area contributed by atoms with Crippen molar-refractivity contribution >= 4 is 39.5 Å². The van der Waals surface area contributed by atoms with E-state index in [0.717, 1.165) is 154 Å². The van der Waals surface area contributed by atoms with Gasteiger partial charge in [0, 0.05) is 25.7 Å². The van der Waals surface area contributed by atoms with Gasteiger partial charge in [0.15, 0.2) is 12.2 Å². The highest BCUT2D eigenvalue weighted by Crippen LogP contribution is 2.45. The second kappa shape index (κ2) is 82.4. The lowest BCUT2D eigenvalue weighted by atomic mass is 10.1. The van der Waals surface area contributed by atoms with E-state index in [1.807, 2.05) is 36.5 Å². The Labute approximate surface area is 677 Å². The fourth-order valence-electron chi connectivity index (χ4n) is 10.2. The molecule has 0 radical (unpaired) electrons. The van der Waals surface area contributed by atoms with E-state index in [9.17, 15) is 43.2 Å². The maximum atomic E-state index is 13.1. The van der Waals surface area contributed by atoms with Crippen LogP contribution in [-0.4, -0.2) is 96.7 Å². The van der Waals surface area contributed by atoms with Crippen molar-refractivity contribution in [1.82, 2.24) is 0 Å². The molecule has 0 aromatic heterocycles. The Morgan fingerprint density at radius 3 is 0.804 bits per heavy atom. The van der Waals surface area contributed by atoms with E-state index in [1.165, 1.54) is 38.5 Å². The van der Waals surface area contributed by atoms with Crippen LogP contribution < -0.4 is 0 Å². The first-order valence-corrected chi connectivity index (χ1v) is 45.0. The van der Waals surface area contributed by atoms with Gasteiger partial charge in [0.05, 0.1) is 26.4 Å². The summed E-state index contributed by atoms with van der Waals surface area (Å²) in [4.78, 5) is 73.2. The summed E-state index contributed by atoms with van der Waals surface area (Å²) < 4.78 is 68.6. The van der Waals surface area contributed by atoms with Crippen LogP contribution in [0, 0.1) is 0 Å². The molecule has 0 aliphatic carbocycles. The molecule has 3 N–H and O–H groups in total. The number of phosphoric acid groups is 2. The van der Waals surface area contributed by atoms with Gasteiger partial charge in [0.2, 0.25) is 0 Å². The smallest absolute Gasteiger partial charge is 0.462 e.